The lowest BCUT2D eigenvalue weighted by molar-refractivity contribution is -0.134. The standard InChI is InChI=1S/C24H31N3O/c1-2-26-23(28)24(12-6-14-27(18-24)17-19-10-11-19)15-20-7-3-4-9-22(20)21-8-5-13-25-16-21/h3-5,7-9,13,16,19H,2,6,10-12,14-15,17-18H2,1H3,(H,26,28)/t24-/m0/s1. The molecule has 1 N–H and O–H groups in total. The summed E-state index contributed by atoms with van der Waals surface area (Å²) in [4.78, 5) is 20.1. The molecule has 1 amide bonds. The number of likely N-dealkylation sites (tertiary alicyclic amines) is 1. The second-order valence-corrected chi connectivity index (χ2v) is 8.50. The van der Waals surface area contributed by atoms with Crippen LogP contribution in [-0.2, 0) is 11.2 Å². The van der Waals surface area contributed by atoms with Gasteiger partial charge in [0, 0.05) is 37.6 Å². The average molecular weight is 378 g/mol. The number of hydrogen-bond acceptors (Lipinski definition) is 3. The fraction of sp³-hybridized carbons (Fsp3) is 0.500. The molecule has 4 heteroatoms. The Morgan fingerprint density at radius 2 is 2.11 bits per heavy atom. The molecular formula is C24H31N3O. The van der Waals surface area contributed by atoms with E-state index in [1.54, 1.807) is 6.20 Å². The number of aromatic nitrogens is 1. The Morgan fingerprint density at radius 3 is 2.86 bits per heavy atom. The second kappa shape index (κ2) is 8.44. The van der Waals surface area contributed by atoms with E-state index < -0.39 is 0 Å². The first-order valence-corrected chi connectivity index (χ1v) is 10.7. The topological polar surface area (TPSA) is 45.2 Å². The summed E-state index contributed by atoms with van der Waals surface area (Å²) in [7, 11) is 0. The fourth-order valence-electron chi connectivity index (χ4n) is 4.65. The van der Waals surface area contributed by atoms with E-state index in [0.29, 0.717) is 6.54 Å². The van der Waals surface area contributed by atoms with E-state index in [1.807, 2.05) is 19.2 Å². The molecule has 0 spiro atoms. The van der Waals surface area contributed by atoms with Crippen LogP contribution in [0.1, 0.15) is 38.2 Å². The number of amides is 1. The van der Waals surface area contributed by atoms with Crippen LogP contribution in [0.4, 0.5) is 0 Å². The van der Waals surface area contributed by atoms with Gasteiger partial charge in [-0.05, 0) is 68.7 Å². The zero-order valence-corrected chi connectivity index (χ0v) is 16.9. The third kappa shape index (κ3) is 4.27. The number of nitrogens with one attached hydrogen (secondary N) is 1. The highest BCUT2D eigenvalue weighted by molar-refractivity contribution is 5.84. The minimum atomic E-state index is -0.346. The van der Waals surface area contributed by atoms with Gasteiger partial charge < -0.3 is 10.2 Å². The lowest BCUT2D eigenvalue weighted by Gasteiger charge is -2.42. The van der Waals surface area contributed by atoms with Crippen LogP contribution >= 0.6 is 0 Å². The van der Waals surface area contributed by atoms with Gasteiger partial charge in [-0.25, -0.2) is 0 Å². The van der Waals surface area contributed by atoms with Crippen LogP contribution in [0.5, 0.6) is 0 Å². The average Bonchev–Trinajstić information content (AvgIpc) is 3.53. The molecule has 1 aromatic heterocycles. The van der Waals surface area contributed by atoms with Gasteiger partial charge in [-0.1, -0.05) is 30.3 Å². The number of piperidine rings is 1. The molecule has 0 radical (unpaired) electrons. The van der Waals surface area contributed by atoms with Crippen molar-refractivity contribution in [3.05, 3.63) is 54.4 Å². The van der Waals surface area contributed by atoms with E-state index in [1.165, 1.54) is 24.0 Å². The quantitative estimate of drug-likeness (QED) is 0.795. The van der Waals surface area contributed by atoms with E-state index in [4.69, 9.17) is 0 Å². The van der Waals surface area contributed by atoms with Crippen molar-refractivity contribution in [3.8, 4) is 11.1 Å². The van der Waals surface area contributed by atoms with Crippen LogP contribution < -0.4 is 5.32 Å². The molecular weight excluding hydrogens is 346 g/mol. The van der Waals surface area contributed by atoms with E-state index in [-0.39, 0.29) is 11.3 Å². The summed E-state index contributed by atoms with van der Waals surface area (Å²) in [6, 6.07) is 12.6. The molecule has 1 aliphatic heterocycles. The van der Waals surface area contributed by atoms with Crippen molar-refractivity contribution in [1.29, 1.82) is 0 Å². The summed E-state index contributed by atoms with van der Waals surface area (Å²) in [5.74, 6) is 1.07. The van der Waals surface area contributed by atoms with Crippen LogP contribution in [0.15, 0.2) is 48.8 Å². The highest BCUT2D eigenvalue weighted by atomic mass is 16.2. The molecule has 1 aliphatic carbocycles. The highest BCUT2D eigenvalue weighted by Crippen LogP contribution is 2.39. The maximum Gasteiger partial charge on any atom is 0.227 e. The Bertz CT molecular complexity index is 803. The minimum Gasteiger partial charge on any atom is -0.356 e. The Balaban J connectivity index is 1.64. The summed E-state index contributed by atoms with van der Waals surface area (Å²) >= 11 is 0. The predicted molar refractivity (Wildman–Crippen MR) is 113 cm³/mol. The maximum absolute atomic E-state index is 13.3. The van der Waals surface area contributed by atoms with Gasteiger partial charge in [0.1, 0.15) is 0 Å². The Kier molecular flexibility index (Phi) is 5.77. The molecule has 148 valence electrons. The smallest absolute Gasteiger partial charge is 0.227 e. The number of carbonyl (C=O) groups is 1. The Morgan fingerprint density at radius 1 is 1.25 bits per heavy atom. The van der Waals surface area contributed by atoms with Crippen molar-refractivity contribution < 1.29 is 4.79 Å². The molecule has 4 nitrogen and oxygen atoms in total. The van der Waals surface area contributed by atoms with Crippen LogP contribution in [0.25, 0.3) is 11.1 Å². The van der Waals surface area contributed by atoms with Gasteiger partial charge in [0.25, 0.3) is 0 Å². The largest absolute Gasteiger partial charge is 0.356 e. The van der Waals surface area contributed by atoms with Gasteiger partial charge >= 0.3 is 0 Å². The highest BCUT2D eigenvalue weighted by Gasteiger charge is 2.43. The Labute approximate surface area is 168 Å². The van der Waals surface area contributed by atoms with Gasteiger partial charge in [0.15, 0.2) is 0 Å². The molecule has 1 saturated heterocycles. The summed E-state index contributed by atoms with van der Waals surface area (Å²) < 4.78 is 0. The summed E-state index contributed by atoms with van der Waals surface area (Å²) in [6.07, 6.45) is 9.27. The molecule has 2 fully saturated rings. The zero-order chi connectivity index (χ0) is 19.4. The fourth-order valence-corrected chi connectivity index (χ4v) is 4.65. The lowest BCUT2D eigenvalue weighted by atomic mass is 9.73. The molecule has 28 heavy (non-hydrogen) atoms. The molecule has 1 saturated carbocycles. The first-order valence-electron chi connectivity index (χ1n) is 10.7. The van der Waals surface area contributed by atoms with E-state index in [9.17, 15) is 4.79 Å². The van der Waals surface area contributed by atoms with Crippen LogP contribution in [0.2, 0.25) is 0 Å². The third-order valence-corrected chi connectivity index (χ3v) is 6.21. The van der Waals surface area contributed by atoms with Crippen LogP contribution in [-0.4, -0.2) is 42.0 Å². The normalized spacial score (nSPS) is 22.8. The van der Waals surface area contributed by atoms with Crippen molar-refractivity contribution >= 4 is 5.91 Å². The number of rotatable bonds is 7. The molecule has 2 aromatic rings. The summed E-state index contributed by atoms with van der Waals surface area (Å²) in [5, 5.41) is 3.15. The molecule has 4 rings (SSSR count). The molecule has 1 atom stereocenters. The molecule has 0 bridgehead atoms. The lowest BCUT2D eigenvalue weighted by Crippen LogP contribution is -2.53. The van der Waals surface area contributed by atoms with Crippen molar-refractivity contribution in [1.82, 2.24) is 15.2 Å². The van der Waals surface area contributed by atoms with Crippen molar-refractivity contribution in [2.24, 2.45) is 11.3 Å². The van der Waals surface area contributed by atoms with Gasteiger partial charge in [-0.15, -0.1) is 0 Å². The number of carbonyl (C=O) groups excluding carboxylic acids is 1. The van der Waals surface area contributed by atoms with Gasteiger partial charge in [-0.3, -0.25) is 9.78 Å². The first kappa shape index (κ1) is 19.1. The molecule has 0 unspecified atom stereocenters. The summed E-state index contributed by atoms with van der Waals surface area (Å²) in [5.41, 5.74) is 3.21. The monoisotopic (exact) mass is 377 g/mol. The van der Waals surface area contributed by atoms with E-state index in [2.05, 4.69) is 45.5 Å². The molecule has 2 aliphatic rings. The Hall–Kier alpha value is -2.20. The summed E-state index contributed by atoms with van der Waals surface area (Å²) in [6.45, 7) is 5.86. The van der Waals surface area contributed by atoms with Crippen molar-refractivity contribution in [2.75, 3.05) is 26.2 Å². The van der Waals surface area contributed by atoms with Crippen molar-refractivity contribution in [3.63, 3.8) is 0 Å². The van der Waals surface area contributed by atoms with Gasteiger partial charge in [0.05, 0.1) is 5.41 Å². The third-order valence-electron chi connectivity index (χ3n) is 6.21. The van der Waals surface area contributed by atoms with Crippen LogP contribution in [0.3, 0.4) is 0 Å². The second-order valence-electron chi connectivity index (χ2n) is 8.50. The minimum absolute atomic E-state index is 0.219. The number of nitrogens with zero attached hydrogens (tertiary/aromatic N) is 2. The van der Waals surface area contributed by atoms with E-state index in [0.717, 1.165) is 50.4 Å². The molecule has 1 aromatic carbocycles. The zero-order valence-electron chi connectivity index (χ0n) is 16.9. The maximum atomic E-state index is 13.3. The molecule has 2 heterocycles. The predicted octanol–water partition coefficient (Wildman–Crippen LogP) is 3.92. The number of pyridine rings is 1. The van der Waals surface area contributed by atoms with Gasteiger partial charge in [-0.2, -0.15) is 0 Å². The number of hydrogen-bond donors (Lipinski definition) is 1. The van der Waals surface area contributed by atoms with Gasteiger partial charge in [0.2, 0.25) is 5.91 Å². The van der Waals surface area contributed by atoms with Crippen LogP contribution in [0, 0.1) is 11.3 Å². The first-order chi connectivity index (χ1) is 13.7. The number of benzene rings is 1. The SMILES string of the molecule is CCNC(=O)[C@]1(Cc2ccccc2-c2cccnc2)CCCN(CC2CC2)C1. The van der Waals surface area contributed by atoms with Crippen molar-refractivity contribution in [2.45, 2.75) is 39.0 Å². The van der Waals surface area contributed by atoms with E-state index >= 15 is 0 Å².